The molecule has 0 radical (unpaired) electrons. The number of primary amides is 1. The van der Waals surface area contributed by atoms with Crippen LogP contribution >= 0.6 is 0 Å². The van der Waals surface area contributed by atoms with Crippen molar-refractivity contribution in [2.24, 2.45) is 11.7 Å². The van der Waals surface area contributed by atoms with Crippen LogP contribution in [-0.4, -0.2) is 11.6 Å². The van der Waals surface area contributed by atoms with E-state index in [2.05, 4.69) is 13.8 Å². The number of hydrogen-bond acceptors (Lipinski definition) is 2. The molecule has 0 spiro atoms. The third-order valence-corrected chi connectivity index (χ3v) is 1.68. The second-order valence-electron chi connectivity index (χ2n) is 3.68. The first kappa shape index (κ1) is 20.5. The molecule has 3 N–H and O–H groups in total. The van der Waals surface area contributed by atoms with Gasteiger partial charge in [-0.1, -0.05) is 40.5 Å². The monoisotopic (exact) mass is 230 g/mol. The van der Waals surface area contributed by atoms with E-state index in [4.69, 9.17) is 11.1 Å². The van der Waals surface area contributed by atoms with Gasteiger partial charge >= 0.3 is 0 Å². The Morgan fingerprint density at radius 3 is 1.50 bits per heavy atom. The fraction of sp³-hybridized carbons (Fsp3) is 0.846. The molecule has 0 aliphatic carbocycles. The smallest absolute Gasteiger partial charge is 0.220 e. The number of hydrogen-bond donors (Lipinski definition) is 2. The first-order valence-corrected chi connectivity index (χ1v) is 6.26. The third-order valence-electron chi connectivity index (χ3n) is 1.68. The molecule has 0 atom stereocenters. The molecule has 3 nitrogen and oxygen atoms in total. The van der Waals surface area contributed by atoms with Crippen LogP contribution in [0.25, 0.3) is 0 Å². The Hall–Kier alpha value is -0.860. The molecule has 16 heavy (non-hydrogen) atoms. The summed E-state index contributed by atoms with van der Waals surface area (Å²) < 4.78 is 0. The van der Waals surface area contributed by atoms with Crippen molar-refractivity contribution in [2.45, 2.75) is 67.2 Å². The fourth-order valence-electron chi connectivity index (χ4n) is 1.13. The minimum Gasteiger partial charge on any atom is -0.369 e. The standard InChI is InChI=1S/C8H17NO.C3H7N.C2H6/c1-3-5-7(6-4-2)8(9)10;1-3(2)4;1-2/h7H,3-6H2,1-2H3,(H2,9,10);4H,1-2H3;1-2H3. The van der Waals surface area contributed by atoms with E-state index < -0.39 is 0 Å². The van der Waals surface area contributed by atoms with Crippen molar-refractivity contribution < 1.29 is 4.79 Å². The number of carbonyl (C=O) groups is 1. The highest BCUT2D eigenvalue weighted by atomic mass is 16.1. The molecule has 98 valence electrons. The molecule has 0 heterocycles. The predicted molar refractivity (Wildman–Crippen MR) is 72.9 cm³/mol. The molecular weight excluding hydrogens is 200 g/mol. The topological polar surface area (TPSA) is 66.9 Å². The maximum absolute atomic E-state index is 10.7. The van der Waals surface area contributed by atoms with Gasteiger partial charge in [-0.25, -0.2) is 0 Å². The van der Waals surface area contributed by atoms with Gasteiger partial charge in [0.2, 0.25) is 5.91 Å². The SMILES string of the molecule is CC.CC(C)=N.CCCC(CCC)C(N)=O. The third kappa shape index (κ3) is 23.2. The fourth-order valence-corrected chi connectivity index (χ4v) is 1.13. The Labute approximate surface area is 101 Å². The largest absolute Gasteiger partial charge is 0.369 e. The van der Waals surface area contributed by atoms with Crippen LogP contribution < -0.4 is 5.73 Å². The molecule has 0 rings (SSSR count). The first-order chi connectivity index (χ1) is 7.45. The van der Waals surface area contributed by atoms with Crippen molar-refractivity contribution in [1.82, 2.24) is 0 Å². The van der Waals surface area contributed by atoms with E-state index in [9.17, 15) is 4.79 Å². The minimum atomic E-state index is -0.135. The second kappa shape index (κ2) is 16.6. The molecule has 0 fully saturated rings. The van der Waals surface area contributed by atoms with E-state index in [0.29, 0.717) is 5.71 Å². The lowest BCUT2D eigenvalue weighted by molar-refractivity contribution is -0.122. The van der Waals surface area contributed by atoms with Crippen molar-refractivity contribution in [2.75, 3.05) is 0 Å². The van der Waals surface area contributed by atoms with Gasteiger partial charge in [-0.2, -0.15) is 0 Å². The normalized spacial score (nSPS) is 8.44. The lowest BCUT2D eigenvalue weighted by Crippen LogP contribution is -2.22. The summed E-state index contributed by atoms with van der Waals surface area (Å²) in [5.74, 6) is -0.0151. The molecule has 0 aromatic carbocycles. The summed E-state index contributed by atoms with van der Waals surface area (Å²) in [5.41, 5.74) is 5.84. The molecule has 0 aliphatic heterocycles. The van der Waals surface area contributed by atoms with E-state index in [1.54, 1.807) is 13.8 Å². The van der Waals surface area contributed by atoms with Crippen molar-refractivity contribution in [3.05, 3.63) is 0 Å². The molecule has 0 aromatic heterocycles. The molecule has 0 saturated carbocycles. The van der Waals surface area contributed by atoms with E-state index in [0.717, 1.165) is 25.7 Å². The van der Waals surface area contributed by atoms with Gasteiger partial charge in [0, 0.05) is 11.6 Å². The van der Waals surface area contributed by atoms with E-state index in [1.165, 1.54) is 0 Å². The summed E-state index contributed by atoms with van der Waals surface area (Å²) in [6.07, 6.45) is 3.99. The predicted octanol–water partition coefficient (Wildman–Crippen LogP) is 3.76. The van der Waals surface area contributed by atoms with Crippen LogP contribution in [-0.2, 0) is 4.79 Å². The molecule has 0 saturated heterocycles. The van der Waals surface area contributed by atoms with Gasteiger partial charge in [0.05, 0.1) is 0 Å². The van der Waals surface area contributed by atoms with Crippen LogP contribution in [0.1, 0.15) is 67.2 Å². The second-order valence-corrected chi connectivity index (χ2v) is 3.68. The number of nitrogens with one attached hydrogen (secondary N) is 1. The Bertz CT molecular complexity index is 157. The van der Waals surface area contributed by atoms with Gasteiger partial charge in [0.1, 0.15) is 0 Å². The molecule has 0 bridgehead atoms. The van der Waals surface area contributed by atoms with E-state index in [1.807, 2.05) is 13.8 Å². The maximum Gasteiger partial charge on any atom is 0.220 e. The lowest BCUT2D eigenvalue weighted by atomic mass is 9.98. The van der Waals surface area contributed by atoms with Gasteiger partial charge in [-0.05, 0) is 26.7 Å². The highest BCUT2D eigenvalue weighted by Gasteiger charge is 2.11. The van der Waals surface area contributed by atoms with Crippen LogP contribution in [0.15, 0.2) is 0 Å². The summed E-state index contributed by atoms with van der Waals surface area (Å²) >= 11 is 0. The zero-order valence-electron chi connectivity index (χ0n) is 11.9. The van der Waals surface area contributed by atoms with Crippen molar-refractivity contribution >= 4 is 11.6 Å². The maximum atomic E-state index is 10.7. The van der Waals surface area contributed by atoms with Crippen LogP contribution in [0.3, 0.4) is 0 Å². The van der Waals surface area contributed by atoms with Gasteiger partial charge in [-0.15, -0.1) is 0 Å². The van der Waals surface area contributed by atoms with Crippen LogP contribution in [0, 0.1) is 11.3 Å². The number of rotatable bonds is 5. The van der Waals surface area contributed by atoms with Crippen LogP contribution in [0.5, 0.6) is 0 Å². The Kier molecular flexibility index (Phi) is 21.3. The summed E-state index contributed by atoms with van der Waals surface area (Å²) in [7, 11) is 0. The van der Waals surface area contributed by atoms with E-state index >= 15 is 0 Å². The summed E-state index contributed by atoms with van der Waals surface area (Å²) in [6.45, 7) is 11.6. The minimum absolute atomic E-state index is 0.120. The van der Waals surface area contributed by atoms with Crippen molar-refractivity contribution in [1.29, 1.82) is 5.41 Å². The van der Waals surface area contributed by atoms with Gasteiger partial charge in [-0.3, -0.25) is 4.79 Å². The van der Waals surface area contributed by atoms with Crippen molar-refractivity contribution in [3.8, 4) is 0 Å². The summed E-state index contributed by atoms with van der Waals surface area (Å²) in [5, 5.41) is 6.50. The molecular formula is C13H30N2O. The van der Waals surface area contributed by atoms with Crippen LogP contribution in [0.4, 0.5) is 0 Å². The molecule has 3 heteroatoms. The molecule has 1 amide bonds. The average molecular weight is 230 g/mol. The first-order valence-electron chi connectivity index (χ1n) is 6.26. The molecule has 0 unspecified atom stereocenters. The Morgan fingerprint density at radius 2 is 1.38 bits per heavy atom. The summed E-state index contributed by atoms with van der Waals surface area (Å²) in [6, 6.07) is 0. The number of nitrogens with two attached hydrogens (primary N) is 1. The lowest BCUT2D eigenvalue weighted by Gasteiger charge is -2.09. The molecule has 0 aromatic rings. The Morgan fingerprint density at radius 1 is 1.12 bits per heavy atom. The quantitative estimate of drug-likeness (QED) is 0.694. The highest BCUT2D eigenvalue weighted by Crippen LogP contribution is 2.11. The number of carbonyl (C=O) groups excluding carboxylic acids is 1. The average Bonchev–Trinajstić information content (AvgIpc) is 2.19. The zero-order valence-corrected chi connectivity index (χ0v) is 11.9. The van der Waals surface area contributed by atoms with E-state index in [-0.39, 0.29) is 11.8 Å². The summed E-state index contributed by atoms with van der Waals surface area (Å²) in [4.78, 5) is 10.7. The Balaban J connectivity index is -0.000000237. The number of amides is 1. The van der Waals surface area contributed by atoms with Crippen molar-refractivity contribution in [3.63, 3.8) is 0 Å². The van der Waals surface area contributed by atoms with Crippen LogP contribution in [0.2, 0.25) is 0 Å². The molecule has 0 aliphatic rings. The zero-order chi connectivity index (χ0) is 13.6. The van der Waals surface area contributed by atoms with Gasteiger partial charge in [0.25, 0.3) is 0 Å². The highest BCUT2D eigenvalue weighted by molar-refractivity contribution is 5.76. The van der Waals surface area contributed by atoms with Gasteiger partial charge < -0.3 is 11.1 Å². The van der Waals surface area contributed by atoms with Gasteiger partial charge in [0.15, 0.2) is 0 Å².